The highest BCUT2D eigenvalue weighted by atomic mass is 16.6. The summed E-state index contributed by atoms with van der Waals surface area (Å²) in [6, 6.07) is 0. The van der Waals surface area contributed by atoms with Crippen LogP contribution in [0.15, 0.2) is 0 Å². The largest absolute Gasteiger partial charge is 0.457 e. The molecule has 0 aromatic heterocycles. The van der Waals surface area contributed by atoms with Gasteiger partial charge in [-0.3, -0.25) is 4.79 Å². The quantitative estimate of drug-likeness (QED) is 0.283. The molecule has 1 aliphatic rings. The molecule has 0 amide bonds. The molecule has 0 spiro atoms. The number of rotatable bonds is 10. The summed E-state index contributed by atoms with van der Waals surface area (Å²) in [7, 11) is 0. The van der Waals surface area contributed by atoms with Crippen molar-refractivity contribution in [3.8, 4) is 0 Å². The summed E-state index contributed by atoms with van der Waals surface area (Å²) < 4.78 is 4.99. The summed E-state index contributed by atoms with van der Waals surface area (Å²) in [5.74, 6) is -0.597. The van der Waals surface area contributed by atoms with E-state index in [9.17, 15) is 30.3 Å². The first-order chi connectivity index (χ1) is 11.4. The number of unbranched alkanes of at least 4 members (excludes halogenated alkanes) is 7. The standard InChI is InChI=1S/C17H32O7/c1-2-3-4-5-6-7-8-9-10-11(18)24-17-15(22)13(20)12(19)14(21)16(17)23/h12-17,19-23H,2-10H2,1H3/t12?,13-,14+,15-,16-,17?/m0/s1. The van der Waals surface area contributed by atoms with E-state index in [0.717, 1.165) is 19.3 Å². The van der Waals surface area contributed by atoms with Gasteiger partial charge in [-0.1, -0.05) is 51.9 Å². The Hall–Kier alpha value is -0.730. The molecule has 1 rings (SSSR count). The fourth-order valence-corrected chi connectivity index (χ4v) is 2.95. The van der Waals surface area contributed by atoms with E-state index in [4.69, 9.17) is 4.74 Å². The lowest BCUT2D eigenvalue weighted by Crippen LogP contribution is -2.64. The van der Waals surface area contributed by atoms with Crippen molar-refractivity contribution in [1.82, 2.24) is 0 Å². The summed E-state index contributed by atoms with van der Waals surface area (Å²) in [5.41, 5.74) is 0. The Kier molecular flexibility index (Phi) is 9.76. The summed E-state index contributed by atoms with van der Waals surface area (Å²) in [6.45, 7) is 2.17. The third-order valence-electron chi connectivity index (χ3n) is 4.57. The first-order valence-corrected chi connectivity index (χ1v) is 9.00. The monoisotopic (exact) mass is 348 g/mol. The molecular weight excluding hydrogens is 316 g/mol. The van der Waals surface area contributed by atoms with Gasteiger partial charge in [-0.25, -0.2) is 0 Å². The zero-order valence-corrected chi connectivity index (χ0v) is 14.4. The maximum atomic E-state index is 11.8. The van der Waals surface area contributed by atoms with Crippen LogP contribution in [-0.4, -0.2) is 68.1 Å². The highest BCUT2D eigenvalue weighted by molar-refractivity contribution is 5.69. The number of aliphatic hydroxyl groups is 5. The van der Waals surface area contributed by atoms with Crippen molar-refractivity contribution in [1.29, 1.82) is 0 Å². The van der Waals surface area contributed by atoms with Crippen molar-refractivity contribution in [3.63, 3.8) is 0 Å². The lowest BCUT2D eigenvalue weighted by atomic mass is 9.85. The van der Waals surface area contributed by atoms with Crippen molar-refractivity contribution >= 4 is 5.97 Å². The van der Waals surface area contributed by atoms with Gasteiger partial charge in [-0.05, 0) is 6.42 Å². The van der Waals surface area contributed by atoms with Crippen molar-refractivity contribution < 1.29 is 35.1 Å². The lowest BCUT2D eigenvalue weighted by molar-refractivity contribution is -0.233. The van der Waals surface area contributed by atoms with Gasteiger partial charge in [0.2, 0.25) is 0 Å². The van der Waals surface area contributed by atoms with Gasteiger partial charge in [0.15, 0.2) is 6.10 Å². The third kappa shape index (κ3) is 6.29. The highest BCUT2D eigenvalue weighted by Gasteiger charge is 2.50. The zero-order valence-electron chi connectivity index (χ0n) is 14.4. The van der Waals surface area contributed by atoms with Crippen molar-refractivity contribution in [2.45, 2.75) is 101 Å². The summed E-state index contributed by atoms with van der Waals surface area (Å²) in [6.07, 6.45) is -0.937. The molecule has 0 heterocycles. The van der Waals surface area contributed by atoms with E-state index in [1.165, 1.54) is 25.7 Å². The molecule has 0 aromatic rings. The van der Waals surface area contributed by atoms with Crippen LogP contribution in [0.2, 0.25) is 0 Å². The van der Waals surface area contributed by atoms with Gasteiger partial charge in [0, 0.05) is 6.42 Å². The van der Waals surface area contributed by atoms with Crippen LogP contribution in [0.3, 0.4) is 0 Å². The third-order valence-corrected chi connectivity index (χ3v) is 4.57. The molecular formula is C17H32O7. The average molecular weight is 348 g/mol. The minimum absolute atomic E-state index is 0.152. The molecule has 0 radical (unpaired) electrons. The fraction of sp³-hybridized carbons (Fsp3) is 0.941. The molecule has 1 fully saturated rings. The van der Waals surface area contributed by atoms with Crippen LogP contribution in [0.5, 0.6) is 0 Å². The van der Waals surface area contributed by atoms with Crippen LogP contribution in [0.1, 0.15) is 64.7 Å². The molecule has 1 saturated carbocycles. The smallest absolute Gasteiger partial charge is 0.306 e. The molecule has 0 aliphatic heterocycles. The molecule has 0 aromatic carbocycles. The first kappa shape index (κ1) is 21.3. The first-order valence-electron chi connectivity index (χ1n) is 9.00. The Morgan fingerprint density at radius 3 is 1.62 bits per heavy atom. The number of carbonyl (C=O) groups is 1. The van der Waals surface area contributed by atoms with Gasteiger partial charge < -0.3 is 30.3 Å². The topological polar surface area (TPSA) is 127 Å². The Labute approximate surface area is 143 Å². The molecule has 0 saturated heterocycles. The van der Waals surface area contributed by atoms with Gasteiger partial charge in [-0.2, -0.15) is 0 Å². The predicted octanol–water partition coefficient (Wildman–Crippen LogP) is 0.247. The van der Waals surface area contributed by atoms with E-state index >= 15 is 0 Å². The normalized spacial score (nSPS) is 33.4. The second-order valence-corrected chi connectivity index (χ2v) is 6.63. The van der Waals surface area contributed by atoms with E-state index in [2.05, 4.69) is 6.92 Å². The highest BCUT2D eigenvalue weighted by Crippen LogP contribution is 2.24. The van der Waals surface area contributed by atoms with Gasteiger partial charge in [0.25, 0.3) is 0 Å². The Morgan fingerprint density at radius 2 is 1.12 bits per heavy atom. The Bertz CT molecular complexity index is 347. The van der Waals surface area contributed by atoms with Crippen molar-refractivity contribution in [2.75, 3.05) is 0 Å². The van der Waals surface area contributed by atoms with Crippen LogP contribution < -0.4 is 0 Å². The van der Waals surface area contributed by atoms with Gasteiger partial charge >= 0.3 is 5.97 Å². The summed E-state index contributed by atoms with van der Waals surface area (Å²) >= 11 is 0. The minimum Gasteiger partial charge on any atom is -0.457 e. The van der Waals surface area contributed by atoms with Crippen LogP contribution in [-0.2, 0) is 9.53 Å². The zero-order chi connectivity index (χ0) is 18.1. The van der Waals surface area contributed by atoms with Gasteiger partial charge in [0.05, 0.1) is 0 Å². The van der Waals surface area contributed by atoms with Crippen LogP contribution in [0.4, 0.5) is 0 Å². The maximum absolute atomic E-state index is 11.8. The van der Waals surface area contributed by atoms with Crippen LogP contribution in [0.25, 0.3) is 0 Å². The van der Waals surface area contributed by atoms with E-state index in [0.29, 0.717) is 6.42 Å². The molecule has 7 heteroatoms. The number of esters is 1. The van der Waals surface area contributed by atoms with E-state index in [1.807, 2.05) is 0 Å². The molecule has 5 N–H and O–H groups in total. The Morgan fingerprint density at radius 1 is 0.708 bits per heavy atom. The molecule has 1 aliphatic carbocycles. The number of ether oxygens (including phenoxy) is 1. The lowest BCUT2D eigenvalue weighted by Gasteiger charge is -2.41. The fourth-order valence-electron chi connectivity index (χ4n) is 2.95. The molecule has 142 valence electrons. The SMILES string of the molecule is CCCCCCCCCCC(=O)OC1[C@@H](O)[C@H](O)C(O)[C@H](O)[C@@H]1O. The summed E-state index contributed by atoms with van der Waals surface area (Å²) in [5, 5.41) is 48.2. The number of hydrogen-bond donors (Lipinski definition) is 5. The predicted molar refractivity (Wildman–Crippen MR) is 87.1 cm³/mol. The molecule has 7 nitrogen and oxygen atoms in total. The number of carbonyl (C=O) groups excluding carboxylic acids is 1. The molecule has 0 bridgehead atoms. The van der Waals surface area contributed by atoms with E-state index in [-0.39, 0.29) is 6.42 Å². The second kappa shape index (κ2) is 11.0. The molecule has 24 heavy (non-hydrogen) atoms. The molecule has 2 unspecified atom stereocenters. The maximum Gasteiger partial charge on any atom is 0.306 e. The average Bonchev–Trinajstić information content (AvgIpc) is 2.57. The van der Waals surface area contributed by atoms with Crippen molar-refractivity contribution in [2.24, 2.45) is 0 Å². The van der Waals surface area contributed by atoms with Gasteiger partial charge in [0.1, 0.15) is 30.5 Å². The molecule has 6 atom stereocenters. The second-order valence-electron chi connectivity index (χ2n) is 6.63. The van der Waals surface area contributed by atoms with Crippen LogP contribution >= 0.6 is 0 Å². The summed E-state index contributed by atoms with van der Waals surface area (Å²) in [4.78, 5) is 11.8. The minimum atomic E-state index is -1.68. The van der Waals surface area contributed by atoms with E-state index < -0.39 is 42.6 Å². The number of hydrogen-bond acceptors (Lipinski definition) is 7. The van der Waals surface area contributed by atoms with Crippen molar-refractivity contribution in [3.05, 3.63) is 0 Å². The van der Waals surface area contributed by atoms with E-state index in [1.54, 1.807) is 0 Å². The van der Waals surface area contributed by atoms with Gasteiger partial charge in [-0.15, -0.1) is 0 Å². The Balaban J connectivity index is 2.24. The number of aliphatic hydroxyl groups excluding tert-OH is 5. The van der Waals surface area contributed by atoms with Crippen LogP contribution in [0, 0.1) is 0 Å².